The van der Waals surface area contributed by atoms with Crippen LogP contribution in [0.1, 0.15) is 207 Å². The van der Waals surface area contributed by atoms with Crippen LogP contribution in [0.4, 0.5) is 0 Å². The van der Waals surface area contributed by atoms with Gasteiger partial charge in [0.05, 0.1) is 19.1 Å². The van der Waals surface area contributed by atoms with Crippen LogP contribution < -0.4 is 11.5 Å². The van der Waals surface area contributed by atoms with E-state index in [1.807, 2.05) is 0 Å². The number of amides is 2. The first kappa shape index (κ1) is 56.4. The van der Waals surface area contributed by atoms with Gasteiger partial charge in [-0.1, -0.05) is 141 Å². The summed E-state index contributed by atoms with van der Waals surface area (Å²) in [6, 6.07) is 0. The minimum atomic E-state index is -2.70. The molecular formula is C50H86N4O8. The van der Waals surface area contributed by atoms with E-state index in [0.717, 1.165) is 70.3 Å². The zero-order valence-electron chi connectivity index (χ0n) is 39.1. The van der Waals surface area contributed by atoms with Gasteiger partial charge in [-0.2, -0.15) is 0 Å². The Kier molecular flexibility index (Phi) is 32.5. The van der Waals surface area contributed by atoms with Crippen LogP contribution in [0, 0.1) is 5.92 Å². The molecule has 1 aliphatic heterocycles. The van der Waals surface area contributed by atoms with E-state index in [4.69, 9.17) is 16.2 Å². The molecule has 0 aromatic carbocycles. The number of aliphatic hydroxyl groups excluding tert-OH is 2. The number of rotatable bonds is 38. The summed E-state index contributed by atoms with van der Waals surface area (Å²) in [5.74, 6) is -6.46. The molecule has 1 unspecified atom stereocenters. The molecule has 0 bridgehead atoms. The average molecular weight is 871 g/mol. The third-order valence-electron chi connectivity index (χ3n) is 11.8. The molecule has 1 aliphatic rings. The fourth-order valence-electron chi connectivity index (χ4n) is 8.14. The fourth-order valence-corrected chi connectivity index (χ4v) is 8.14. The van der Waals surface area contributed by atoms with Crippen molar-refractivity contribution in [1.29, 1.82) is 0 Å². The lowest BCUT2D eigenvalue weighted by Gasteiger charge is -2.42. The second-order valence-electron chi connectivity index (χ2n) is 17.2. The first-order chi connectivity index (χ1) is 30.0. The zero-order chi connectivity index (χ0) is 45.9. The number of guanidine groups is 1. The van der Waals surface area contributed by atoms with Crippen molar-refractivity contribution in [2.45, 2.75) is 219 Å². The van der Waals surface area contributed by atoms with Crippen molar-refractivity contribution in [2.24, 2.45) is 22.4 Å². The molecule has 62 heavy (non-hydrogen) atoms. The maximum Gasteiger partial charge on any atom is 0.341 e. The van der Waals surface area contributed by atoms with Gasteiger partial charge in [-0.15, -0.1) is 0 Å². The summed E-state index contributed by atoms with van der Waals surface area (Å²) in [7, 11) is 0. The van der Waals surface area contributed by atoms with Crippen molar-refractivity contribution in [1.82, 2.24) is 4.90 Å². The Bertz CT molecular complexity index is 1400. The number of esters is 1. The fraction of sp³-hybridized carbons (Fsp3) is 0.760. The van der Waals surface area contributed by atoms with Crippen LogP contribution in [0.2, 0.25) is 0 Å². The summed E-state index contributed by atoms with van der Waals surface area (Å²) < 4.78 is 5.52. The Labute approximate surface area is 374 Å². The number of unbranched alkanes of at least 4 members (excludes halogenated alkanes) is 22. The van der Waals surface area contributed by atoms with Crippen molar-refractivity contribution in [3.63, 3.8) is 0 Å². The van der Waals surface area contributed by atoms with Gasteiger partial charge in [0.2, 0.25) is 11.4 Å². The smallest absolute Gasteiger partial charge is 0.341 e. The largest absolute Gasteiger partial charge is 0.455 e. The van der Waals surface area contributed by atoms with Crippen molar-refractivity contribution in [3.05, 3.63) is 36.0 Å². The van der Waals surface area contributed by atoms with Gasteiger partial charge >= 0.3 is 5.97 Å². The number of aliphatic hydroxyl groups is 2. The van der Waals surface area contributed by atoms with Crippen LogP contribution in [0.25, 0.3) is 0 Å². The Morgan fingerprint density at radius 3 is 1.55 bits per heavy atom. The van der Waals surface area contributed by atoms with Crippen molar-refractivity contribution < 1.29 is 38.9 Å². The number of Topliss-reactive ketones (excluding diaryl/α,β-unsaturated/α-hetero) is 2. The predicted octanol–water partition coefficient (Wildman–Crippen LogP) is 9.43. The van der Waals surface area contributed by atoms with E-state index in [0.29, 0.717) is 30.6 Å². The summed E-state index contributed by atoms with van der Waals surface area (Å²) in [4.78, 5) is 76.6. The highest BCUT2D eigenvalue weighted by atomic mass is 16.6. The maximum absolute atomic E-state index is 14.8. The first-order valence-corrected chi connectivity index (χ1v) is 24.4. The molecule has 2 atom stereocenters. The molecule has 1 heterocycles. The van der Waals surface area contributed by atoms with Crippen LogP contribution in [0.5, 0.6) is 0 Å². The van der Waals surface area contributed by atoms with Gasteiger partial charge in [0.25, 0.3) is 5.91 Å². The summed E-state index contributed by atoms with van der Waals surface area (Å²) in [5, 5.41) is 19.8. The lowest BCUT2D eigenvalue weighted by molar-refractivity contribution is -0.183. The van der Waals surface area contributed by atoms with Gasteiger partial charge in [0.1, 0.15) is 6.10 Å². The maximum atomic E-state index is 14.8. The highest BCUT2D eigenvalue weighted by Crippen LogP contribution is 2.39. The monoisotopic (exact) mass is 871 g/mol. The van der Waals surface area contributed by atoms with Crippen molar-refractivity contribution in [2.75, 3.05) is 19.8 Å². The van der Waals surface area contributed by atoms with Crippen molar-refractivity contribution >= 4 is 35.3 Å². The number of ether oxygens (including phenoxy) is 1. The number of aliphatic imine (C=N–C) groups is 1. The lowest BCUT2D eigenvalue weighted by atomic mass is 9.72. The Balaban J connectivity index is 3.13. The number of allylic oxidation sites excluding steroid dienone is 5. The third kappa shape index (κ3) is 22.1. The highest BCUT2D eigenvalue weighted by Gasteiger charge is 2.63. The molecule has 12 nitrogen and oxygen atoms in total. The van der Waals surface area contributed by atoms with Crippen LogP contribution in [0.15, 0.2) is 40.9 Å². The molecular weight excluding hydrogens is 785 g/mol. The minimum absolute atomic E-state index is 0.0344. The molecule has 0 fully saturated rings. The van der Waals surface area contributed by atoms with Crippen LogP contribution in [-0.4, -0.2) is 81.8 Å². The van der Waals surface area contributed by atoms with Gasteiger partial charge < -0.3 is 26.4 Å². The van der Waals surface area contributed by atoms with E-state index in [2.05, 4.69) is 43.1 Å². The van der Waals surface area contributed by atoms with E-state index in [1.54, 1.807) is 0 Å². The number of imide groups is 1. The van der Waals surface area contributed by atoms with Crippen molar-refractivity contribution in [3.8, 4) is 0 Å². The Hall–Kier alpha value is -3.64. The second-order valence-corrected chi connectivity index (χ2v) is 17.2. The number of carbonyl (C=O) groups is 5. The molecule has 0 aromatic heterocycles. The number of nitrogens with two attached hydrogens (primary N) is 2. The van der Waals surface area contributed by atoms with Gasteiger partial charge in [0, 0.05) is 25.5 Å². The molecule has 2 amide bonds. The lowest BCUT2D eigenvalue weighted by Crippen LogP contribution is -2.69. The standard InChI is InChI=1S/C50H86N4O8/c1-4-6-8-10-12-14-16-18-20-22-24-26-28-30-32-34-44(57)50(48(61)62-42(39-55)40-56)43(36-37-53-49(51)52)47(60)41(3)38-46(59)54(50)45(58)35-33-31-29-27-25-23-21-19-17-15-13-11-9-7-5-2/h18-21,38,42-43,55-56H,4-17,22-37,39-40H2,1-3H3,(H4,51,52,53)/t43?,50-/m1/s1. The summed E-state index contributed by atoms with van der Waals surface area (Å²) in [5.41, 5.74) is 8.46. The normalized spacial score (nSPS) is 17.0. The molecule has 0 saturated carbocycles. The third-order valence-corrected chi connectivity index (χ3v) is 11.8. The number of carbonyl (C=O) groups excluding carboxylic acids is 5. The Morgan fingerprint density at radius 2 is 1.11 bits per heavy atom. The molecule has 0 spiro atoms. The van der Waals surface area contributed by atoms with Crippen LogP contribution in [0.3, 0.4) is 0 Å². The zero-order valence-corrected chi connectivity index (χ0v) is 39.1. The van der Waals surface area contributed by atoms with E-state index in [1.165, 1.54) is 84.0 Å². The van der Waals surface area contributed by atoms with Gasteiger partial charge in [0.15, 0.2) is 17.5 Å². The molecule has 0 radical (unpaired) electrons. The topological polar surface area (TPSA) is 203 Å². The molecule has 0 aromatic rings. The first-order valence-electron chi connectivity index (χ1n) is 24.4. The highest BCUT2D eigenvalue weighted by molar-refractivity contribution is 6.23. The molecule has 6 N–H and O–H groups in total. The summed E-state index contributed by atoms with van der Waals surface area (Å²) in [6.07, 6.45) is 35.1. The van der Waals surface area contributed by atoms with Gasteiger partial charge in [-0.25, -0.2) is 4.79 Å². The number of hydrogen-bond acceptors (Lipinski definition) is 9. The molecule has 12 heteroatoms. The predicted molar refractivity (Wildman–Crippen MR) is 250 cm³/mol. The number of ketones is 2. The van der Waals surface area contributed by atoms with Crippen LogP contribution in [-0.2, 0) is 28.7 Å². The quantitative estimate of drug-likeness (QED) is 0.0116. The summed E-state index contributed by atoms with van der Waals surface area (Å²) >= 11 is 0. The number of nitrogens with zero attached hydrogens (tertiary/aromatic N) is 2. The molecule has 1 rings (SSSR count). The van der Waals surface area contributed by atoms with E-state index < -0.39 is 60.1 Å². The van der Waals surface area contributed by atoms with E-state index in [9.17, 15) is 34.2 Å². The SMILES string of the molecule is CCCCCCCCC=CCCCCCCCC(=O)N1C(=O)C=C(C)C(=O)C(CCN=C(N)N)[C@@]1(C(=O)CCCCCCCC=CCCCCCCCC)C(=O)OC(CO)CO. The van der Waals surface area contributed by atoms with Gasteiger partial charge in [-0.3, -0.25) is 29.1 Å². The summed E-state index contributed by atoms with van der Waals surface area (Å²) in [6.45, 7) is 4.09. The van der Waals surface area contributed by atoms with Gasteiger partial charge in [-0.05, 0) is 83.1 Å². The van der Waals surface area contributed by atoms with E-state index in [-0.39, 0.29) is 37.3 Å². The molecule has 0 saturated heterocycles. The Morgan fingerprint density at radius 1 is 0.694 bits per heavy atom. The molecule has 354 valence electrons. The number of hydrogen-bond donors (Lipinski definition) is 4. The average Bonchev–Trinajstić information content (AvgIpc) is 3.33. The molecule has 0 aliphatic carbocycles. The second kappa shape index (κ2) is 35.8. The van der Waals surface area contributed by atoms with Crippen LogP contribution >= 0.6 is 0 Å². The van der Waals surface area contributed by atoms with E-state index >= 15 is 0 Å². The minimum Gasteiger partial charge on any atom is -0.455 e.